The molecule has 1 aromatic carbocycles. The first-order chi connectivity index (χ1) is 9.28. The minimum atomic E-state index is -0.239. The largest absolute Gasteiger partial charge is 0.497 e. The van der Waals surface area contributed by atoms with E-state index in [1.165, 1.54) is 0 Å². The van der Waals surface area contributed by atoms with Crippen molar-refractivity contribution in [2.75, 3.05) is 20.3 Å². The third-order valence-corrected chi connectivity index (χ3v) is 2.98. The van der Waals surface area contributed by atoms with Gasteiger partial charge in [-0.15, -0.1) is 0 Å². The first-order valence-corrected chi connectivity index (χ1v) is 6.35. The van der Waals surface area contributed by atoms with Crippen molar-refractivity contribution in [1.29, 1.82) is 0 Å². The number of cyclic esters (lactones) is 1. The van der Waals surface area contributed by atoms with Crippen molar-refractivity contribution < 1.29 is 19.0 Å². The maximum atomic E-state index is 11.0. The van der Waals surface area contributed by atoms with E-state index in [4.69, 9.17) is 14.2 Å². The smallest absolute Gasteiger partial charge is 0.330 e. The number of ether oxygens (including phenoxy) is 3. The Morgan fingerprint density at radius 2 is 2.05 bits per heavy atom. The average Bonchev–Trinajstić information content (AvgIpc) is 2.44. The van der Waals surface area contributed by atoms with Crippen LogP contribution in [0.4, 0.5) is 0 Å². The summed E-state index contributed by atoms with van der Waals surface area (Å²) in [6.07, 6.45) is 3.17. The Hall–Kier alpha value is -1.81. The Kier molecular flexibility index (Phi) is 4.98. The van der Waals surface area contributed by atoms with Crippen molar-refractivity contribution in [3.63, 3.8) is 0 Å². The summed E-state index contributed by atoms with van der Waals surface area (Å²) >= 11 is 0. The van der Waals surface area contributed by atoms with Crippen molar-refractivity contribution in [3.05, 3.63) is 41.5 Å². The molecule has 4 nitrogen and oxygen atoms in total. The van der Waals surface area contributed by atoms with Gasteiger partial charge in [-0.1, -0.05) is 17.7 Å². The van der Waals surface area contributed by atoms with Gasteiger partial charge in [-0.05, 0) is 24.1 Å². The van der Waals surface area contributed by atoms with Gasteiger partial charge in [0, 0.05) is 12.5 Å². The van der Waals surface area contributed by atoms with Gasteiger partial charge in [-0.3, -0.25) is 0 Å². The van der Waals surface area contributed by atoms with Crippen LogP contribution in [-0.2, 0) is 20.9 Å². The molecule has 0 saturated heterocycles. The molecule has 0 bridgehead atoms. The Morgan fingerprint density at radius 1 is 1.26 bits per heavy atom. The molecule has 1 aliphatic rings. The number of hydrogen-bond donors (Lipinski definition) is 0. The summed E-state index contributed by atoms with van der Waals surface area (Å²) in [7, 11) is 1.65. The van der Waals surface area contributed by atoms with E-state index < -0.39 is 0 Å². The fourth-order valence-corrected chi connectivity index (χ4v) is 1.88. The molecule has 0 atom stereocenters. The Morgan fingerprint density at radius 3 is 2.74 bits per heavy atom. The van der Waals surface area contributed by atoms with Gasteiger partial charge in [0.15, 0.2) is 0 Å². The lowest BCUT2D eigenvalue weighted by atomic mass is 10.1. The highest BCUT2D eigenvalue weighted by molar-refractivity contribution is 5.83. The first kappa shape index (κ1) is 13.6. The van der Waals surface area contributed by atoms with Crippen LogP contribution < -0.4 is 4.74 Å². The molecule has 0 aliphatic carbocycles. The Labute approximate surface area is 113 Å². The predicted molar refractivity (Wildman–Crippen MR) is 70.9 cm³/mol. The number of hydrogen-bond acceptors (Lipinski definition) is 4. The van der Waals surface area contributed by atoms with Crippen LogP contribution in [0.1, 0.15) is 18.4 Å². The predicted octanol–water partition coefficient (Wildman–Crippen LogP) is 2.48. The zero-order chi connectivity index (χ0) is 13.5. The van der Waals surface area contributed by atoms with Gasteiger partial charge in [0.25, 0.3) is 0 Å². The lowest BCUT2D eigenvalue weighted by Gasteiger charge is -2.13. The van der Waals surface area contributed by atoms with Crippen LogP contribution in [0.3, 0.4) is 0 Å². The zero-order valence-corrected chi connectivity index (χ0v) is 11.1. The maximum absolute atomic E-state index is 11.0. The van der Waals surface area contributed by atoms with Gasteiger partial charge < -0.3 is 14.2 Å². The van der Waals surface area contributed by atoms with Crippen LogP contribution in [0.2, 0.25) is 0 Å². The number of carbonyl (C=O) groups is 1. The van der Waals surface area contributed by atoms with Crippen molar-refractivity contribution in [1.82, 2.24) is 0 Å². The van der Waals surface area contributed by atoms with Crippen LogP contribution in [0.15, 0.2) is 35.9 Å². The van der Waals surface area contributed by atoms with Crippen LogP contribution in [0.5, 0.6) is 5.75 Å². The number of esters is 1. The first-order valence-electron chi connectivity index (χ1n) is 6.35. The normalized spacial score (nSPS) is 14.8. The van der Waals surface area contributed by atoms with Crippen LogP contribution >= 0.6 is 0 Å². The average molecular weight is 262 g/mol. The lowest BCUT2D eigenvalue weighted by molar-refractivity contribution is -0.138. The van der Waals surface area contributed by atoms with Gasteiger partial charge in [-0.25, -0.2) is 4.79 Å². The van der Waals surface area contributed by atoms with E-state index in [1.807, 2.05) is 24.3 Å². The summed E-state index contributed by atoms with van der Waals surface area (Å²) in [6.45, 7) is 1.68. The van der Waals surface area contributed by atoms with Gasteiger partial charge in [0.2, 0.25) is 0 Å². The van der Waals surface area contributed by atoms with Gasteiger partial charge in [-0.2, -0.15) is 0 Å². The molecule has 1 heterocycles. The zero-order valence-electron chi connectivity index (χ0n) is 11.1. The van der Waals surface area contributed by atoms with E-state index in [0.29, 0.717) is 19.8 Å². The van der Waals surface area contributed by atoms with E-state index in [1.54, 1.807) is 13.2 Å². The molecule has 0 radical (unpaired) electrons. The summed E-state index contributed by atoms with van der Waals surface area (Å²) in [5, 5.41) is 0. The Bertz CT molecular complexity index is 448. The topological polar surface area (TPSA) is 44.8 Å². The summed E-state index contributed by atoms with van der Waals surface area (Å²) in [5.74, 6) is 0.603. The Balaban J connectivity index is 1.70. The molecule has 0 N–H and O–H groups in total. The van der Waals surface area contributed by atoms with Crippen LogP contribution in [-0.4, -0.2) is 26.3 Å². The standard InChI is InChI=1S/C15H18O4/c1-17-14-4-2-13(3-5-14)11-18-8-6-12-7-9-19-15(16)10-12/h2-5,10H,6-9,11H2,1H3. The van der Waals surface area contributed by atoms with Crippen molar-refractivity contribution in [3.8, 4) is 5.75 Å². The third-order valence-electron chi connectivity index (χ3n) is 2.98. The molecule has 102 valence electrons. The molecule has 0 amide bonds. The molecule has 2 rings (SSSR count). The molecule has 0 saturated carbocycles. The third kappa shape index (κ3) is 4.41. The van der Waals surface area contributed by atoms with Gasteiger partial charge in [0.1, 0.15) is 5.75 Å². The highest BCUT2D eigenvalue weighted by Gasteiger charge is 2.09. The summed E-state index contributed by atoms with van der Waals surface area (Å²) < 4.78 is 15.5. The molecular formula is C15H18O4. The van der Waals surface area contributed by atoms with Crippen LogP contribution in [0, 0.1) is 0 Å². The van der Waals surface area contributed by atoms with E-state index in [2.05, 4.69) is 0 Å². The molecule has 4 heteroatoms. The number of carbonyl (C=O) groups excluding carboxylic acids is 1. The SMILES string of the molecule is COc1ccc(COCCC2=CC(=O)OCC2)cc1. The summed E-state index contributed by atoms with van der Waals surface area (Å²) in [5.41, 5.74) is 2.21. The number of rotatable bonds is 6. The maximum Gasteiger partial charge on any atom is 0.330 e. The van der Waals surface area contributed by atoms with Crippen molar-refractivity contribution >= 4 is 5.97 Å². The quantitative estimate of drug-likeness (QED) is 0.583. The van der Waals surface area contributed by atoms with E-state index in [-0.39, 0.29) is 5.97 Å². The lowest BCUT2D eigenvalue weighted by Crippen LogP contribution is -2.11. The fraction of sp³-hybridized carbons (Fsp3) is 0.400. The molecule has 0 unspecified atom stereocenters. The molecule has 0 aromatic heterocycles. The van der Waals surface area contributed by atoms with E-state index in [9.17, 15) is 4.79 Å². The second-order valence-corrected chi connectivity index (χ2v) is 4.37. The second-order valence-electron chi connectivity index (χ2n) is 4.37. The fourth-order valence-electron chi connectivity index (χ4n) is 1.88. The minimum Gasteiger partial charge on any atom is -0.497 e. The monoisotopic (exact) mass is 262 g/mol. The highest BCUT2D eigenvalue weighted by Crippen LogP contribution is 2.14. The summed E-state index contributed by atoms with van der Waals surface area (Å²) in [4.78, 5) is 11.0. The summed E-state index contributed by atoms with van der Waals surface area (Å²) in [6, 6.07) is 7.79. The molecule has 0 spiro atoms. The van der Waals surface area contributed by atoms with Crippen molar-refractivity contribution in [2.45, 2.75) is 19.4 Å². The molecule has 1 aliphatic heterocycles. The molecule has 1 aromatic rings. The molecule has 19 heavy (non-hydrogen) atoms. The number of benzene rings is 1. The van der Waals surface area contributed by atoms with Crippen molar-refractivity contribution in [2.24, 2.45) is 0 Å². The van der Waals surface area contributed by atoms with E-state index in [0.717, 1.165) is 29.7 Å². The highest BCUT2D eigenvalue weighted by atomic mass is 16.5. The second kappa shape index (κ2) is 6.95. The van der Waals surface area contributed by atoms with Gasteiger partial charge in [0.05, 0.1) is 26.9 Å². The van der Waals surface area contributed by atoms with Crippen LogP contribution in [0.25, 0.3) is 0 Å². The molecule has 0 fully saturated rings. The van der Waals surface area contributed by atoms with E-state index >= 15 is 0 Å². The van der Waals surface area contributed by atoms with Gasteiger partial charge >= 0.3 is 5.97 Å². The number of methoxy groups -OCH3 is 1. The molecular weight excluding hydrogens is 244 g/mol. The minimum absolute atomic E-state index is 0.239.